The summed E-state index contributed by atoms with van der Waals surface area (Å²) in [5, 5.41) is 11.0. The summed E-state index contributed by atoms with van der Waals surface area (Å²) in [6, 6.07) is 1.92. The highest BCUT2D eigenvalue weighted by Gasteiger charge is 2.39. The number of fused-ring (bicyclic) bond motifs is 3. The topological polar surface area (TPSA) is 104 Å². The van der Waals surface area contributed by atoms with Gasteiger partial charge in [0, 0.05) is 23.2 Å². The fourth-order valence-electron chi connectivity index (χ4n) is 3.98. The standard InChI is InChI=1S/C17H20BN3O4S/c22-18-7-14(16-13-3-4-19-17(13)20-8-15(16)25-18)11-5-12(6-11)21-26(23,24)9-10-1-2-10/h3-4,7-8,10-12,21-22H,1-2,5-6,9H2,(H,19,20). The Morgan fingerprint density at radius 3 is 2.96 bits per heavy atom. The summed E-state index contributed by atoms with van der Waals surface area (Å²) in [5.74, 6) is 3.09. The van der Waals surface area contributed by atoms with E-state index in [0.29, 0.717) is 11.7 Å². The predicted molar refractivity (Wildman–Crippen MR) is 98.8 cm³/mol. The summed E-state index contributed by atoms with van der Waals surface area (Å²) >= 11 is 0. The van der Waals surface area contributed by atoms with Crippen LogP contribution in [0, 0.1) is 11.8 Å². The summed E-state index contributed by atoms with van der Waals surface area (Å²) in [4.78, 5) is 7.41. The first kappa shape index (κ1) is 16.3. The van der Waals surface area contributed by atoms with E-state index in [1.165, 1.54) is 0 Å². The van der Waals surface area contributed by atoms with Crippen molar-refractivity contribution in [3.8, 4) is 5.75 Å². The number of hydrogen-bond donors (Lipinski definition) is 3. The molecule has 136 valence electrons. The zero-order valence-electron chi connectivity index (χ0n) is 14.2. The van der Waals surface area contributed by atoms with E-state index in [4.69, 9.17) is 4.65 Å². The summed E-state index contributed by atoms with van der Waals surface area (Å²) in [6.45, 7) is 0. The van der Waals surface area contributed by atoms with Gasteiger partial charge in [-0.15, -0.1) is 0 Å². The summed E-state index contributed by atoms with van der Waals surface area (Å²) in [7, 11) is -4.19. The molecule has 7 nitrogen and oxygen atoms in total. The van der Waals surface area contributed by atoms with Crippen LogP contribution >= 0.6 is 0 Å². The summed E-state index contributed by atoms with van der Waals surface area (Å²) in [5.41, 5.74) is 2.74. The Balaban J connectivity index is 1.36. The Morgan fingerprint density at radius 2 is 2.19 bits per heavy atom. The second kappa shape index (κ2) is 5.83. The number of aromatic nitrogens is 2. The number of hydrogen-bond acceptors (Lipinski definition) is 5. The van der Waals surface area contributed by atoms with Crippen LogP contribution < -0.4 is 9.38 Å². The third-order valence-electron chi connectivity index (χ3n) is 5.49. The molecule has 3 heterocycles. The monoisotopic (exact) mass is 373 g/mol. The van der Waals surface area contributed by atoms with Crippen molar-refractivity contribution in [2.75, 3.05) is 5.75 Å². The molecular weight excluding hydrogens is 353 g/mol. The van der Waals surface area contributed by atoms with Crippen molar-refractivity contribution in [3.63, 3.8) is 0 Å². The van der Waals surface area contributed by atoms with Gasteiger partial charge >= 0.3 is 7.12 Å². The molecule has 2 fully saturated rings. The molecule has 2 saturated carbocycles. The molecule has 2 aliphatic carbocycles. The van der Waals surface area contributed by atoms with Crippen LogP contribution in [0.15, 0.2) is 24.4 Å². The molecule has 0 spiro atoms. The molecule has 3 aliphatic rings. The molecule has 0 unspecified atom stereocenters. The molecule has 0 bridgehead atoms. The van der Waals surface area contributed by atoms with E-state index >= 15 is 0 Å². The number of allylic oxidation sites excluding steroid dienone is 1. The second-order valence-corrected chi connectivity index (χ2v) is 9.37. The maximum Gasteiger partial charge on any atom is 0.552 e. The highest BCUT2D eigenvalue weighted by Crippen LogP contribution is 2.46. The molecule has 2 aromatic heterocycles. The molecule has 0 radical (unpaired) electrons. The number of pyridine rings is 1. The van der Waals surface area contributed by atoms with Gasteiger partial charge in [0.2, 0.25) is 10.0 Å². The van der Waals surface area contributed by atoms with Crippen LogP contribution in [0.5, 0.6) is 5.75 Å². The molecule has 5 rings (SSSR count). The van der Waals surface area contributed by atoms with E-state index in [1.807, 2.05) is 12.3 Å². The van der Waals surface area contributed by atoms with Gasteiger partial charge in [-0.05, 0) is 55.1 Å². The maximum atomic E-state index is 12.2. The number of sulfonamides is 1. The van der Waals surface area contributed by atoms with Crippen molar-refractivity contribution in [2.45, 2.75) is 31.7 Å². The number of nitrogens with zero attached hydrogens (tertiary/aromatic N) is 1. The van der Waals surface area contributed by atoms with Crippen LogP contribution in [0.3, 0.4) is 0 Å². The van der Waals surface area contributed by atoms with Crippen LogP contribution in [-0.4, -0.2) is 42.3 Å². The van der Waals surface area contributed by atoms with Crippen molar-refractivity contribution in [3.05, 3.63) is 30.0 Å². The fourth-order valence-corrected chi connectivity index (χ4v) is 5.73. The zero-order chi connectivity index (χ0) is 17.9. The van der Waals surface area contributed by atoms with E-state index in [2.05, 4.69) is 14.7 Å². The predicted octanol–water partition coefficient (Wildman–Crippen LogP) is 1.47. The lowest BCUT2D eigenvalue weighted by Crippen LogP contribution is -2.46. The Bertz CT molecular complexity index is 993. The first-order valence-corrected chi connectivity index (χ1v) is 10.7. The number of nitrogens with one attached hydrogen (secondary N) is 2. The SMILES string of the molecule is O=S(=O)(CC1CC1)NC1CC(C2=CB(O)Oc3cnc4[nH]ccc4c32)C1. The average Bonchev–Trinajstić information content (AvgIpc) is 3.21. The summed E-state index contributed by atoms with van der Waals surface area (Å²) in [6.07, 6.45) is 6.97. The molecular formula is C17H20BN3O4S. The van der Waals surface area contributed by atoms with Crippen molar-refractivity contribution in [1.29, 1.82) is 0 Å². The Hall–Kier alpha value is -1.84. The maximum absolute atomic E-state index is 12.2. The fraction of sp³-hybridized carbons (Fsp3) is 0.471. The van der Waals surface area contributed by atoms with E-state index in [1.54, 1.807) is 12.2 Å². The van der Waals surface area contributed by atoms with Crippen LogP contribution in [0.1, 0.15) is 31.2 Å². The molecule has 0 amide bonds. The van der Waals surface area contributed by atoms with Gasteiger partial charge in [-0.2, -0.15) is 0 Å². The van der Waals surface area contributed by atoms with Gasteiger partial charge in [-0.1, -0.05) is 0 Å². The first-order valence-electron chi connectivity index (χ1n) is 9.01. The van der Waals surface area contributed by atoms with Crippen LogP contribution in [0.2, 0.25) is 0 Å². The minimum atomic E-state index is -3.19. The zero-order valence-corrected chi connectivity index (χ0v) is 15.0. The van der Waals surface area contributed by atoms with Gasteiger partial charge in [0.15, 0.2) is 0 Å². The van der Waals surface area contributed by atoms with Gasteiger partial charge in [0.25, 0.3) is 0 Å². The van der Waals surface area contributed by atoms with Gasteiger partial charge in [0.1, 0.15) is 11.4 Å². The molecule has 3 N–H and O–H groups in total. The normalized spacial score (nSPS) is 25.4. The highest BCUT2D eigenvalue weighted by molar-refractivity contribution is 7.89. The number of rotatable bonds is 5. The minimum absolute atomic E-state index is 0.0309. The van der Waals surface area contributed by atoms with Crippen LogP contribution in [0.25, 0.3) is 16.6 Å². The second-order valence-electron chi connectivity index (χ2n) is 7.58. The van der Waals surface area contributed by atoms with Gasteiger partial charge in [0.05, 0.1) is 11.9 Å². The largest absolute Gasteiger partial charge is 0.552 e. The quantitative estimate of drug-likeness (QED) is 0.689. The van der Waals surface area contributed by atoms with Gasteiger partial charge in [-0.3, -0.25) is 0 Å². The minimum Gasteiger partial charge on any atom is -0.531 e. The number of H-pyrrole nitrogens is 1. The third kappa shape index (κ3) is 2.93. The molecule has 0 saturated heterocycles. The molecule has 26 heavy (non-hydrogen) atoms. The molecule has 1 aliphatic heterocycles. The lowest BCUT2D eigenvalue weighted by atomic mass is 9.68. The van der Waals surface area contributed by atoms with E-state index in [9.17, 15) is 13.4 Å². The first-order chi connectivity index (χ1) is 12.5. The Kier molecular flexibility index (Phi) is 3.67. The number of aromatic amines is 1. The van der Waals surface area contributed by atoms with Crippen molar-refractivity contribution in [2.24, 2.45) is 11.8 Å². The highest BCUT2D eigenvalue weighted by atomic mass is 32.2. The van der Waals surface area contributed by atoms with Crippen LogP contribution in [0.4, 0.5) is 0 Å². The molecule has 0 aromatic carbocycles. The van der Waals surface area contributed by atoms with E-state index in [-0.39, 0.29) is 17.7 Å². The van der Waals surface area contributed by atoms with Crippen molar-refractivity contribution < 1.29 is 18.1 Å². The van der Waals surface area contributed by atoms with Gasteiger partial charge < -0.3 is 14.7 Å². The molecule has 9 heteroatoms. The van der Waals surface area contributed by atoms with Crippen LogP contribution in [-0.2, 0) is 10.0 Å². The Morgan fingerprint density at radius 1 is 1.38 bits per heavy atom. The van der Waals surface area contributed by atoms with Crippen molar-refractivity contribution >= 4 is 33.7 Å². The van der Waals surface area contributed by atoms with Gasteiger partial charge in [-0.25, -0.2) is 18.1 Å². The average molecular weight is 373 g/mol. The lowest BCUT2D eigenvalue weighted by Gasteiger charge is -2.39. The van der Waals surface area contributed by atoms with E-state index in [0.717, 1.165) is 47.9 Å². The van der Waals surface area contributed by atoms with E-state index < -0.39 is 17.1 Å². The molecule has 2 aromatic rings. The smallest absolute Gasteiger partial charge is 0.531 e. The lowest BCUT2D eigenvalue weighted by molar-refractivity contribution is 0.308. The van der Waals surface area contributed by atoms with Crippen molar-refractivity contribution in [1.82, 2.24) is 14.7 Å². The third-order valence-corrected chi connectivity index (χ3v) is 7.09. The summed E-state index contributed by atoms with van der Waals surface area (Å²) < 4.78 is 32.7. The Labute approximate surface area is 152 Å². The molecule has 0 atom stereocenters.